The van der Waals surface area contributed by atoms with Crippen molar-refractivity contribution >= 4 is 43.8 Å². The van der Waals surface area contributed by atoms with Gasteiger partial charge in [0.25, 0.3) is 0 Å². The molecule has 0 fully saturated rings. The van der Waals surface area contributed by atoms with Crippen LogP contribution in [0.25, 0.3) is 31.4 Å². The normalized spacial score (nSPS) is 11.2. The number of benzene rings is 2. The summed E-state index contributed by atoms with van der Waals surface area (Å²) in [5, 5.41) is 12.0. The van der Waals surface area contributed by atoms with E-state index in [0.29, 0.717) is 5.15 Å². The molecule has 0 spiro atoms. The molecule has 20 heavy (non-hydrogen) atoms. The van der Waals surface area contributed by atoms with Gasteiger partial charge in [-0.25, -0.2) is 0 Å². The van der Waals surface area contributed by atoms with Gasteiger partial charge in [-0.05, 0) is 17.5 Å². The van der Waals surface area contributed by atoms with Gasteiger partial charge in [0.15, 0.2) is 5.15 Å². The second-order valence-electron chi connectivity index (χ2n) is 4.53. The Morgan fingerprint density at radius 2 is 1.60 bits per heavy atom. The van der Waals surface area contributed by atoms with Crippen molar-refractivity contribution in [3.63, 3.8) is 0 Å². The number of hydrogen-bond donors (Lipinski definition) is 0. The second-order valence-corrected chi connectivity index (χ2v) is 5.98. The summed E-state index contributed by atoms with van der Waals surface area (Å²) in [6.45, 7) is 0. The molecule has 2 nitrogen and oxygen atoms in total. The smallest absolute Gasteiger partial charge is 0.147 e. The summed E-state index contributed by atoms with van der Waals surface area (Å²) < 4.78 is 1.25. The van der Waals surface area contributed by atoms with Crippen LogP contribution in [0.5, 0.6) is 0 Å². The molecule has 0 saturated carbocycles. The molecule has 0 aliphatic carbocycles. The zero-order valence-corrected chi connectivity index (χ0v) is 11.9. The van der Waals surface area contributed by atoms with Crippen LogP contribution in [0.4, 0.5) is 0 Å². The fourth-order valence-corrected chi connectivity index (χ4v) is 3.62. The van der Waals surface area contributed by atoms with Gasteiger partial charge < -0.3 is 0 Å². The van der Waals surface area contributed by atoms with Gasteiger partial charge in [0.05, 0.1) is 4.88 Å². The van der Waals surface area contributed by atoms with Gasteiger partial charge in [0.2, 0.25) is 0 Å². The van der Waals surface area contributed by atoms with E-state index in [4.69, 9.17) is 11.6 Å². The zero-order chi connectivity index (χ0) is 13.5. The zero-order valence-electron chi connectivity index (χ0n) is 10.4. The molecule has 0 saturated heterocycles. The van der Waals surface area contributed by atoms with Gasteiger partial charge >= 0.3 is 0 Å². The number of halogens is 1. The maximum Gasteiger partial charge on any atom is 0.159 e. The highest BCUT2D eigenvalue weighted by Gasteiger charge is 2.11. The molecule has 0 aliphatic rings. The number of aromatic nitrogens is 2. The molecule has 2 aromatic heterocycles. The van der Waals surface area contributed by atoms with Crippen LogP contribution < -0.4 is 0 Å². The van der Waals surface area contributed by atoms with E-state index in [1.165, 1.54) is 10.1 Å². The molecule has 0 aliphatic heterocycles. The molecule has 4 heteroatoms. The molecule has 0 atom stereocenters. The lowest BCUT2D eigenvalue weighted by Gasteiger charge is -2.03. The Kier molecular flexibility index (Phi) is 2.69. The molecule has 4 rings (SSSR count). The molecule has 4 aromatic rings. The summed E-state index contributed by atoms with van der Waals surface area (Å²) in [6, 6.07) is 18.5. The van der Waals surface area contributed by atoms with Crippen LogP contribution in [-0.4, -0.2) is 10.2 Å². The minimum Gasteiger partial charge on any atom is -0.147 e. The molecule has 96 valence electrons. The van der Waals surface area contributed by atoms with Gasteiger partial charge in [-0.1, -0.05) is 54.1 Å². The average Bonchev–Trinajstić information content (AvgIpc) is 2.91. The minimum absolute atomic E-state index is 0.450. The summed E-state index contributed by atoms with van der Waals surface area (Å²) in [7, 11) is 0. The fraction of sp³-hybridized carbons (Fsp3) is 0. The third-order valence-corrected chi connectivity index (χ3v) is 4.70. The summed E-state index contributed by atoms with van der Waals surface area (Å²) in [4.78, 5) is 1.12. The van der Waals surface area contributed by atoms with Gasteiger partial charge in [-0.15, -0.1) is 21.5 Å². The van der Waals surface area contributed by atoms with Crippen LogP contribution >= 0.6 is 22.9 Å². The first-order valence-corrected chi connectivity index (χ1v) is 7.42. The molecule has 2 aromatic carbocycles. The van der Waals surface area contributed by atoms with Gasteiger partial charge in [-0.2, -0.15) is 0 Å². The lowest BCUT2D eigenvalue weighted by atomic mass is 10.1. The largest absolute Gasteiger partial charge is 0.159 e. The van der Waals surface area contributed by atoms with E-state index in [2.05, 4.69) is 28.4 Å². The summed E-state index contributed by atoms with van der Waals surface area (Å²) >= 11 is 7.85. The lowest BCUT2D eigenvalue weighted by Crippen LogP contribution is -1.89. The van der Waals surface area contributed by atoms with E-state index >= 15 is 0 Å². The Labute approximate surface area is 124 Å². The van der Waals surface area contributed by atoms with Crippen molar-refractivity contribution in [2.45, 2.75) is 0 Å². The van der Waals surface area contributed by atoms with Crippen LogP contribution in [0.15, 0.2) is 54.6 Å². The van der Waals surface area contributed by atoms with Crippen molar-refractivity contribution in [1.29, 1.82) is 0 Å². The van der Waals surface area contributed by atoms with E-state index in [0.717, 1.165) is 21.3 Å². The predicted molar refractivity (Wildman–Crippen MR) is 85.4 cm³/mol. The van der Waals surface area contributed by atoms with Gasteiger partial charge in [-0.3, -0.25) is 0 Å². The van der Waals surface area contributed by atoms with Crippen LogP contribution in [0.2, 0.25) is 5.15 Å². The standard InChI is InChI=1S/C16H9ClN2S/c17-16-12-7-3-2-6-11(12)15(18-19-16)14-9-10-5-1-4-8-13(10)20-14/h1-9H. The van der Waals surface area contributed by atoms with Crippen LogP contribution in [0, 0.1) is 0 Å². The van der Waals surface area contributed by atoms with Crippen molar-refractivity contribution in [2.75, 3.05) is 0 Å². The van der Waals surface area contributed by atoms with E-state index in [-0.39, 0.29) is 0 Å². The maximum absolute atomic E-state index is 6.12. The molecular formula is C16H9ClN2S. The second kappa shape index (κ2) is 4.54. The molecular weight excluding hydrogens is 288 g/mol. The highest BCUT2D eigenvalue weighted by atomic mass is 35.5. The molecule has 0 amide bonds. The molecule has 0 unspecified atom stereocenters. The number of hydrogen-bond acceptors (Lipinski definition) is 3. The lowest BCUT2D eigenvalue weighted by molar-refractivity contribution is 1.06. The predicted octanol–water partition coefficient (Wildman–Crippen LogP) is 5.16. The Bertz CT molecular complexity index is 897. The van der Waals surface area contributed by atoms with Crippen LogP contribution in [0.1, 0.15) is 0 Å². The number of rotatable bonds is 1. The van der Waals surface area contributed by atoms with Crippen molar-refractivity contribution in [1.82, 2.24) is 10.2 Å². The van der Waals surface area contributed by atoms with Crippen molar-refractivity contribution in [3.8, 4) is 10.6 Å². The van der Waals surface area contributed by atoms with E-state index < -0.39 is 0 Å². The molecule has 0 bridgehead atoms. The monoisotopic (exact) mass is 296 g/mol. The van der Waals surface area contributed by atoms with E-state index in [9.17, 15) is 0 Å². The van der Waals surface area contributed by atoms with Crippen molar-refractivity contribution < 1.29 is 0 Å². The summed E-state index contributed by atoms with van der Waals surface area (Å²) in [5.41, 5.74) is 0.895. The summed E-state index contributed by atoms with van der Waals surface area (Å²) in [6.07, 6.45) is 0. The molecule has 2 heterocycles. The molecule has 0 N–H and O–H groups in total. The first kappa shape index (κ1) is 11.8. The Hall–Kier alpha value is -1.97. The number of thiophene rings is 1. The van der Waals surface area contributed by atoms with Gasteiger partial charge in [0, 0.05) is 15.5 Å². The molecule has 0 radical (unpaired) electrons. The number of nitrogens with zero attached hydrogens (tertiary/aromatic N) is 2. The SMILES string of the molecule is Clc1nnc(-c2cc3ccccc3s2)c2ccccc12. The first-order chi connectivity index (χ1) is 9.83. The third kappa shape index (κ3) is 1.79. The Balaban J connectivity index is 2.04. The fourth-order valence-electron chi connectivity index (χ4n) is 2.35. The quantitative estimate of drug-likeness (QED) is 0.484. The highest BCUT2D eigenvalue weighted by molar-refractivity contribution is 7.22. The van der Waals surface area contributed by atoms with E-state index in [1.54, 1.807) is 11.3 Å². The van der Waals surface area contributed by atoms with Crippen molar-refractivity contribution in [2.24, 2.45) is 0 Å². The first-order valence-electron chi connectivity index (χ1n) is 6.23. The minimum atomic E-state index is 0.450. The Morgan fingerprint density at radius 3 is 2.45 bits per heavy atom. The Morgan fingerprint density at radius 1 is 0.850 bits per heavy atom. The van der Waals surface area contributed by atoms with Crippen LogP contribution in [-0.2, 0) is 0 Å². The number of fused-ring (bicyclic) bond motifs is 2. The maximum atomic E-state index is 6.12. The summed E-state index contributed by atoms with van der Waals surface area (Å²) in [5.74, 6) is 0. The van der Waals surface area contributed by atoms with Crippen molar-refractivity contribution in [3.05, 3.63) is 59.8 Å². The third-order valence-electron chi connectivity index (χ3n) is 3.30. The van der Waals surface area contributed by atoms with E-state index in [1.807, 2.05) is 36.4 Å². The van der Waals surface area contributed by atoms with Gasteiger partial charge in [0.1, 0.15) is 5.69 Å². The highest BCUT2D eigenvalue weighted by Crippen LogP contribution is 2.36. The van der Waals surface area contributed by atoms with Crippen LogP contribution in [0.3, 0.4) is 0 Å². The average molecular weight is 297 g/mol. The topological polar surface area (TPSA) is 25.8 Å².